The summed E-state index contributed by atoms with van der Waals surface area (Å²) in [4.78, 5) is 37.9. The molecule has 0 unspecified atom stereocenters. The normalized spacial score (nSPS) is 19.2. The number of rotatable bonds is 6. The number of hydrogen-bond acceptors (Lipinski definition) is 7. The number of anilines is 1. The maximum Gasteiger partial charge on any atom is 0.254 e. The van der Waals surface area contributed by atoms with Crippen LogP contribution in [0, 0.1) is 0 Å². The molecule has 9 nitrogen and oxygen atoms in total. The van der Waals surface area contributed by atoms with E-state index >= 15 is 0 Å². The molecule has 2 atom stereocenters. The lowest BCUT2D eigenvalue weighted by molar-refractivity contribution is -0.134. The minimum absolute atomic E-state index is 0.0268. The van der Waals surface area contributed by atoms with Crippen LogP contribution in [0.2, 0.25) is 0 Å². The molecule has 0 bridgehead atoms. The van der Waals surface area contributed by atoms with Crippen molar-refractivity contribution >= 4 is 17.5 Å². The van der Waals surface area contributed by atoms with E-state index in [9.17, 15) is 9.59 Å². The van der Waals surface area contributed by atoms with Gasteiger partial charge in [0.2, 0.25) is 5.91 Å². The summed E-state index contributed by atoms with van der Waals surface area (Å²) in [7, 11) is 6.47. The van der Waals surface area contributed by atoms with Gasteiger partial charge in [0.05, 0.1) is 33.3 Å². The zero-order valence-corrected chi connectivity index (χ0v) is 22.1. The molecule has 1 aromatic heterocycles. The van der Waals surface area contributed by atoms with Gasteiger partial charge in [-0.15, -0.1) is 0 Å². The molecule has 0 radical (unpaired) electrons. The van der Waals surface area contributed by atoms with E-state index < -0.39 is 12.0 Å². The maximum atomic E-state index is 14.3. The van der Waals surface area contributed by atoms with Crippen LogP contribution in [0.4, 0.5) is 5.69 Å². The number of methoxy groups -OCH3 is 3. The monoisotopic (exact) mass is 516 g/mol. The first kappa shape index (κ1) is 25.4. The highest BCUT2D eigenvalue weighted by Gasteiger charge is 2.45. The minimum atomic E-state index is -0.621. The zero-order chi connectivity index (χ0) is 26.8. The number of carbonyl (C=O) groups is 2. The van der Waals surface area contributed by atoms with Crippen LogP contribution in [0.25, 0.3) is 0 Å². The fraction of sp³-hybridized carbons (Fsp3) is 0.345. The Hall–Kier alpha value is -4.27. The van der Waals surface area contributed by atoms with E-state index in [0.717, 1.165) is 17.0 Å². The summed E-state index contributed by atoms with van der Waals surface area (Å²) in [6, 6.07) is 14.6. The van der Waals surface area contributed by atoms with Crippen molar-refractivity contribution < 1.29 is 23.8 Å². The van der Waals surface area contributed by atoms with Gasteiger partial charge in [-0.2, -0.15) is 0 Å². The van der Waals surface area contributed by atoms with E-state index in [0.29, 0.717) is 48.8 Å². The van der Waals surface area contributed by atoms with Gasteiger partial charge in [-0.05, 0) is 53.6 Å². The Morgan fingerprint density at radius 2 is 1.61 bits per heavy atom. The van der Waals surface area contributed by atoms with Gasteiger partial charge in [-0.3, -0.25) is 14.6 Å². The van der Waals surface area contributed by atoms with Gasteiger partial charge < -0.3 is 28.9 Å². The summed E-state index contributed by atoms with van der Waals surface area (Å²) in [5.41, 5.74) is 2.98. The highest BCUT2D eigenvalue weighted by molar-refractivity contribution is 6.02. The predicted molar refractivity (Wildman–Crippen MR) is 143 cm³/mol. The van der Waals surface area contributed by atoms with Crippen LogP contribution in [0.15, 0.2) is 60.9 Å². The van der Waals surface area contributed by atoms with Gasteiger partial charge >= 0.3 is 0 Å². The van der Waals surface area contributed by atoms with Crippen LogP contribution in [0.1, 0.15) is 33.4 Å². The summed E-state index contributed by atoms with van der Waals surface area (Å²) in [6.45, 7) is 2.55. The number of hydrogen-bond donors (Lipinski definition) is 0. The van der Waals surface area contributed by atoms with Crippen LogP contribution in [0.5, 0.6) is 17.2 Å². The van der Waals surface area contributed by atoms with Gasteiger partial charge in [0.15, 0.2) is 11.5 Å². The maximum absolute atomic E-state index is 14.3. The van der Waals surface area contributed by atoms with E-state index in [4.69, 9.17) is 14.2 Å². The number of ether oxygens (including phenoxy) is 3. The van der Waals surface area contributed by atoms with Gasteiger partial charge in [-0.1, -0.05) is 6.07 Å². The second kappa shape index (κ2) is 10.6. The fourth-order valence-corrected chi connectivity index (χ4v) is 5.46. The Morgan fingerprint density at radius 3 is 2.21 bits per heavy atom. The lowest BCUT2D eigenvalue weighted by atomic mass is 9.79. The summed E-state index contributed by atoms with van der Waals surface area (Å²) in [5, 5.41) is 0. The van der Waals surface area contributed by atoms with E-state index in [-0.39, 0.29) is 11.8 Å². The van der Waals surface area contributed by atoms with E-state index in [1.807, 2.05) is 41.3 Å². The van der Waals surface area contributed by atoms with Crippen molar-refractivity contribution in [3.8, 4) is 17.2 Å². The fourth-order valence-electron chi connectivity index (χ4n) is 5.46. The lowest BCUT2D eigenvalue weighted by Crippen LogP contribution is -2.53. The van der Waals surface area contributed by atoms with Crippen molar-refractivity contribution in [3.63, 3.8) is 0 Å². The second-order valence-electron chi connectivity index (χ2n) is 9.43. The first-order valence-electron chi connectivity index (χ1n) is 12.6. The molecule has 3 heterocycles. The number of amides is 2. The Bertz CT molecular complexity index is 1310. The molecule has 0 saturated carbocycles. The molecule has 3 aromatic rings. The number of fused-ring (bicyclic) bond motifs is 1. The molecule has 2 aliphatic rings. The second-order valence-corrected chi connectivity index (χ2v) is 9.43. The number of piperazine rings is 1. The predicted octanol–water partition coefficient (Wildman–Crippen LogP) is 3.37. The zero-order valence-electron chi connectivity index (χ0n) is 22.1. The molecular weight excluding hydrogens is 484 g/mol. The molecule has 9 heteroatoms. The number of aromatic nitrogens is 1. The van der Waals surface area contributed by atoms with Crippen molar-refractivity contribution in [2.24, 2.45) is 0 Å². The quantitative estimate of drug-likeness (QED) is 0.497. The van der Waals surface area contributed by atoms with Gasteiger partial charge in [-0.25, -0.2) is 0 Å². The summed E-state index contributed by atoms with van der Waals surface area (Å²) < 4.78 is 16.3. The van der Waals surface area contributed by atoms with Crippen LogP contribution in [-0.4, -0.2) is 81.2 Å². The number of pyridine rings is 1. The lowest BCUT2D eigenvalue weighted by Gasteiger charge is -2.43. The largest absolute Gasteiger partial charge is 0.497 e. The Kier molecular flexibility index (Phi) is 7.09. The summed E-state index contributed by atoms with van der Waals surface area (Å²) >= 11 is 0. The molecule has 1 saturated heterocycles. The Labute approximate surface area is 222 Å². The summed E-state index contributed by atoms with van der Waals surface area (Å²) in [6.07, 6.45) is 3.41. The number of benzene rings is 2. The van der Waals surface area contributed by atoms with Crippen molar-refractivity contribution in [2.45, 2.75) is 12.0 Å². The van der Waals surface area contributed by atoms with Gasteiger partial charge in [0.1, 0.15) is 5.75 Å². The third-order valence-electron chi connectivity index (χ3n) is 7.50. The third kappa shape index (κ3) is 4.49. The molecule has 2 aliphatic heterocycles. The number of likely N-dealkylation sites (N-methyl/N-ethyl adjacent to an activating group) is 1. The molecule has 5 rings (SSSR count). The number of nitrogens with zero attached hydrogens (tertiary/aromatic N) is 4. The highest BCUT2D eigenvalue weighted by Crippen LogP contribution is 2.46. The standard InChI is InChI=1S/C29H32N4O5/c1-31-27(19-6-5-11-30-18-19)26(22-16-24(37-3)25(38-4)17-23(22)28(31)34)29(35)33-14-12-32(13-15-33)20-7-9-21(36-2)10-8-20/h5-11,16-18,26-27H,12-15H2,1-4H3/t26-,27-/m0/s1. The smallest absolute Gasteiger partial charge is 0.254 e. The molecule has 1 fully saturated rings. The van der Waals surface area contributed by atoms with Crippen molar-refractivity contribution in [2.75, 3.05) is 59.5 Å². The molecular formula is C29H32N4O5. The van der Waals surface area contributed by atoms with E-state index in [1.54, 1.807) is 50.7 Å². The molecule has 0 aliphatic carbocycles. The van der Waals surface area contributed by atoms with E-state index in [1.165, 1.54) is 7.11 Å². The van der Waals surface area contributed by atoms with E-state index in [2.05, 4.69) is 9.88 Å². The van der Waals surface area contributed by atoms with Crippen LogP contribution in [-0.2, 0) is 4.79 Å². The third-order valence-corrected chi connectivity index (χ3v) is 7.50. The van der Waals surface area contributed by atoms with Crippen molar-refractivity contribution in [1.29, 1.82) is 0 Å². The average Bonchev–Trinajstić information content (AvgIpc) is 2.98. The molecule has 0 N–H and O–H groups in total. The molecule has 2 aromatic carbocycles. The van der Waals surface area contributed by atoms with Gasteiger partial charge in [0, 0.05) is 56.9 Å². The molecule has 2 amide bonds. The van der Waals surface area contributed by atoms with Gasteiger partial charge in [0.25, 0.3) is 5.91 Å². The highest BCUT2D eigenvalue weighted by atomic mass is 16.5. The molecule has 0 spiro atoms. The first-order chi connectivity index (χ1) is 18.5. The SMILES string of the molecule is COc1ccc(N2CCN(C(=O)[C@H]3c4cc(OC)c(OC)cc4C(=O)N(C)[C@H]3c3cccnc3)CC2)cc1. The minimum Gasteiger partial charge on any atom is -0.497 e. The van der Waals surface area contributed by atoms with Crippen LogP contribution < -0.4 is 19.1 Å². The summed E-state index contributed by atoms with van der Waals surface area (Å²) in [5.74, 6) is 0.918. The van der Waals surface area contributed by atoms with Crippen LogP contribution in [0.3, 0.4) is 0 Å². The Morgan fingerprint density at radius 1 is 0.921 bits per heavy atom. The van der Waals surface area contributed by atoms with Crippen molar-refractivity contribution in [3.05, 3.63) is 77.6 Å². The Balaban J connectivity index is 1.49. The van der Waals surface area contributed by atoms with Crippen LogP contribution >= 0.6 is 0 Å². The van der Waals surface area contributed by atoms with Crippen molar-refractivity contribution in [1.82, 2.24) is 14.8 Å². The first-order valence-corrected chi connectivity index (χ1v) is 12.6. The average molecular weight is 517 g/mol. The molecule has 198 valence electrons. The number of carbonyl (C=O) groups excluding carboxylic acids is 2. The topological polar surface area (TPSA) is 84.4 Å². The molecule has 38 heavy (non-hydrogen) atoms.